The largest absolute Gasteiger partial charge is 0.437 e. The van der Waals surface area contributed by atoms with E-state index in [9.17, 15) is 19.9 Å². The smallest absolute Gasteiger partial charge is 0.390 e. The summed E-state index contributed by atoms with van der Waals surface area (Å²) in [6.45, 7) is 11.5. The van der Waals surface area contributed by atoms with E-state index in [1.807, 2.05) is 0 Å². The molecule has 0 aromatic heterocycles. The van der Waals surface area contributed by atoms with Crippen LogP contribution in [0.3, 0.4) is 0 Å². The molecule has 0 fully saturated rings. The topological polar surface area (TPSA) is 96.8 Å². The molecule has 22 heavy (non-hydrogen) atoms. The number of nitrogens with zero attached hydrogens (tertiary/aromatic N) is 2. The molecule has 120 valence electrons. The van der Waals surface area contributed by atoms with E-state index in [2.05, 4.69) is 4.79 Å². The van der Waals surface area contributed by atoms with Gasteiger partial charge in [-0.25, -0.2) is 0 Å². The van der Waals surface area contributed by atoms with Crippen molar-refractivity contribution in [3.63, 3.8) is 0 Å². The maximum Gasteiger partial charge on any atom is 0.390 e. The van der Waals surface area contributed by atoms with E-state index in [0.29, 0.717) is 0 Å². The van der Waals surface area contributed by atoms with Gasteiger partial charge >= 0.3 is 11.7 Å². The van der Waals surface area contributed by atoms with Crippen LogP contribution in [-0.2, 0) is 19.1 Å². The first-order valence-electron chi connectivity index (χ1n) is 7.02. The predicted octanol–water partition coefficient (Wildman–Crippen LogP) is 2.13. The van der Waals surface area contributed by atoms with Crippen LogP contribution < -0.4 is 0 Å². The summed E-state index contributed by atoms with van der Waals surface area (Å²) in [4.78, 5) is 40.0. The SMILES string of the molecule is CC(=O)OC1(C(C)(C)C)C(=O)C(C(C)(C)C)=CC(=O)C1=[N+]=[N-]. The molecule has 1 atom stereocenters. The second kappa shape index (κ2) is 5.29. The summed E-state index contributed by atoms with van der Waals surface area (Å²) in [7, 11) is 0. The molecule has 1 unspecified atom stereocenters. The van der Waals surface area contributed by atoms with Gasteiger partial charge in [0.25, 0.3) is 11.4 Å². The highest BCUT2D eigenvalue weighted by Crippen LogP contribution is 2.43. The van der Waals surface area contributed by atoms with Crippen molar-refractivity contribution >= 4 is 23.2 Å². The number of ether oxygens (including phenoxy) is 1. The van der Waals surface area contributed by atoms with Crippen LogP contribution in [0.2, 0.25) is 0 Å². The molecule has 0 N–H and O–H groups in total. The van der Waals surface area contributed by atoms with E-state index in [4.69, 9.17) is 4.74 Å². The number of Topliss-reactive ketones (excluding diaryl/α,β-unsaturated/α-hetero) is 1. The number of hydrogen-bond acceptors (Lipinski definition) is 4. The Morgan fingerprint density at radius 1 is 1.18 bits per heavy atom. The molecule has 0 heterocycles. The monoisotopic (exact) mass is 306 g/mol. The number of carbonyl (C=O) groups excluding carboxylic acids is 3. The standard InChI is InChI=1S/C16H22N2O4/c1-9(19)22-16(15(5,6)7)12(18-17)11(20)8-10(13(16)21)14(2,3)4/h8H,1-7H3. The zero-order chi connectivity index (χ0) is 17.5. The molecule has 1 rings (SSSR count). The Kier molecular flexibility index (Phi) is 4.32. The number of ketones is 2. The predicted molar refractivity (Wildman–Crippen MR) is 80.1 cm³/mol. The highest BCUT2D eigenvalue weighted by Gasteiger charge is 2.66. The number of rotatable bonds is 1. The van der Waals surface area contributed by atoms with Gasteiger partial charge in [0.1, 0.15) is 0 Å². The van der Waals surface area contributed by atoms with Crippen LogP contribution in [-0.4, -0.2) is 33.6 Å². The van der Waals surface area contributed by atoms with Gasteiger partial charge in [0, 0.05) is 24.0 Å². The second-order valence-corrected chi connectivity index (χ2v) is 7.47. The van der Waals surface area contributed by atoms with Crippen molar-refractivity contribution in [2.75, 3.05) is 0 Å². The number of allylic oxidation sites excluding steroid dienone is 1. The van der Waals surface area contributed by atoms with E-state index in [-0.39, 0.29) is 5.57 Å². The third-order valence-electron chi connectivity index (χ3n) is 3.67. The third kappa shape index (κ3) is 2.66. The summed E-state index contributed by atoms with van der Waals surface area (Å²) in [5, 5.41) is 0. The van der Waals surface area contributed by atoms with Gasteiger partial charge in [-0.1, -0.05) is 41.5 Å². The maximum atomic E-state index is 13.1. The molecule has 6 nitrogen and oxygen atoms in total. The lowest BCUT2D eigenvalue weighted by Crippen LogP contribution is -2.64. The molecule has 0 aromatic carbocycles. The molecule has 1 aliphatic rings. The minimum atomic E-state index is -1.94. The Morgan fingerprint density at radius 2 is 1.68 bits per heavy atom. The van der Waals surface area contributed by atoms with Crippen LogP contribution in [0.1, 0.15) is 48.5 Å². The van der Waals surface area contributed by atoms with Gasteiger partial charge in [-0.05, 0) is 5.41 Å². The third-order valence-corrected chi connectivity index (χ3v) is 3.67. The first-order valence-corrected chi connectivity index (χ1v) is 7.02. The number of esters is 1. The Bertz CT molecular complexity index is 626. The van der Waals surface area contributed by atoms with Gasteiger partial charge < -0.3 is 10.3 Å². The zero-order valence-corrected chi connectivity index (χ0v) is 14.1. The zero-order valence-electron chi connectivity index (χ0n) is 14.1. The molecular weight excluding hydrogens is 284 g/mol. The lowest BCUT2D eigenvalue weighted by atomic mass is 9.62. The van der Waals surface area contributed by atoms with Crippen LogP contribution in [0, 0.1) is 10.8 Å². The van der Waals surface area contributed by atoms with Gasteiger partial charge in [-0.2, -0.15) is 4.79 Å². The van der Waals surface area contributed by atoms with E-state index in [1.54, 1.807) is 41.5 Å². The molecule has 0 saturated carbocycles. The van der Waals surface area contributed by atoms with E-state index in [1.165, 1.54) is 0 Å². The molecular formula is C16H22N2O4. The van der Waals surface area contributed by atoms with Gasteiger partial charge in [-0.15, -0.1) is 0 Å². The van der Waals surface area contributed by atoms with Crippen LogP contribution in [0.5, 0.6) is 0 Å². The summed E-state index contributed by atoms with van der Waals surface area (Å²) in [6, 6.07) is 0. The lowest BCUT2D eigenvalue weighted by molar-refractivity contribution is -0.173. The molecule has 0 bridgehead atoms. The Balaban J connectivity index is 3.83. The van der Waals surface area contributed by atoms with Crippen molar-refractivity contribution in [1.29, 1.82) is 0 Å². The Hall–Kier alpha value is -2.07. The summed E-state index contributed by atoms with van der Waals surface area (Å²) in [5.74, 6) is -1.90. The normalized spacial score (nSPS) is 23.0. The minimum absolute atomic E-state index is 0.237. The van der Waals surface area contributed by atoms with Crippen molar-refractivity contribution in [2.24, 2.45) is 10.8 Å². The molecule has 0 aliphatic heterocycles. The van der Waals surface area contributed by atoms with Crippen LogP contribution in [0.15, 0.2) is 11.6 Å². The quantitative estimate of drug-likeness (QED) is 0.421. The van der Waals surface area contributed by atoms with Crippen LogP contribution >= 0.6 is 0 Å². The first-order chi connectivity index (χ1) is 9.79. The molecule has 6 heteroatoms. The molecule has 0 saturated heterocycles. The Morgan fingerprint density at radius 3 is 2.00 bits per heavy atom. The molecule has 1 aliphatic carbocycles. The Labute approximate surface area is 130 Å². The summed E-state index contributed by atoms with van der Waals surface area (Å²) < 4.78 is 5.31. The lowest BCUT2D eigenvalue weighted by Gasteiger charge is -2.41. The number of carbonyl (C=O) groups is 3. The summed E-state index contributed by atoms with van der Waals surface area (Å²) >= 11 is 0. The fourth-order valence-corrected chi connectivity index (χ4v) is 2.57. The molecule has 0 radical (unpaired) electrons. The highest BCUT2D eigenvalue weighted by molar-refractivity contribution is 6.53. The second-order valence-electron chi connectivity index (χ2n) is 7.47. The molecule has 0 spiro atoms. The van der Waals surface area contributed by atoms with Crippen molar-refractivity contribution in [2.45, 2.75) is 54.1 Å². The van der Waals surface area contributed by atoms with Crippen molar-refractivity contribution in [1.82, 2.24) is 0 Å². The maximum absolute atomic E-state index is 13.1. The van der Waals surface area contributed by atoms with E-state index >= 15 is 0 Å². The first kappa shape index (κ1) is 18.0. The van der Waals surface area contributed by atoms with E-state index < -0.39 is 39.7 Å². The van der Waals surface area contributed by atoms with Gasteiger partial charge in [0.2, 0.25) is 5.78 Å². The van der Waals surface area contributed by atoms with Gasteiger partial charge in [0.15, 0.2) is 0 Å². The van der Waals surface area contributed by atoms with Crippen molar-refractivity contribution in [3.05, 3.63) is 17.2 Å². The summed E-state index contributed by atoms with van der Waals surface area (Å²) in [5.41, 5.74) is 5.51. The average Bonchev–Trinajstić information content (AvgIpc) is 2.30. The van der Waals surface area contributed by atoms with Crippen molar-refractivity contribution in [3.8, 4) is 0 Å². The van der Waals surface area contributed by atoms with Crippen molar-refractivity contribution < 1.29 is 23.9 Å². The fourth-order valence-electron chi connectivity index (χ4n) is 2.57. The summed E-state index contributed by atoms with van der Waals surface area (Å²) in [6.07, 6.45) is 1.16. The number of hydrogen-bond donors (Lipinski definition) is 0. The van der Waals surface area contributed by atoms with E-state index in [0.717, 1.165) is 13.0 Å². The fraction of sp³-hybridized carbons (Fsp3) is 0.625. The van der Waals surface area contributed by atoms with Crippen LogP contribution in [0.25, 0.3) is 5.53 Å². The average molecular weight is 306 g/mol. The molecule has 0 amide bonds. The van der Waals surface area contributed by atoms with Crippen LogP contribution in [0.4, 0.5) is 0 Å². The minimum Gasteiger partial charge on any atom is -0.437 e. The molecule has 0 aromatic rings. The van der Waals surface area contributed by atoms with Gasteiger partial charge in [-0.3, -0.25) is 14.4 Å². The van der Waals surface area contributed by atoms with Gasteiger partial charge in [0.05, 0.1) is 0 Å². The highest BCUT2D eigenvalue weighted by atomic mass is 16.6.